The molecule has 0 aliphatic carbocycles. The summed E-state index contributed by atoms with van der Waals surface area (Å²) in [5.41, 5.74) is 3.47. The van der Waals surface area contributed by atoms with E-state index in [1.807, 2.05) is 52.3 Å². The molecule has 2 fully saturated rings. The molecule has 2 heterocycles. The largest absolute Gasteiger partial charge is 0.366 e. The third kappa shape index (κ3) is 6.58. The average molecular weight is 546 g/mol. The van der Waals surface area contributed by atoms with E-state index in [0.717, 1.165) is 24.3 Å². The highest BCUT2D eigenvalue weighted by atomic mass is 35.5. The maximum absolute atomic E-state index is 13.2. The number of hydrogen-bond donors (Lipinski definition) is 2. The van der Waals surface area contributed by atoms with Crippen LogP contribution in [0.1, 0.15) is 26.3 Å². The fraction of sp³-hybridized carbons (Fsp3) is 0.300. The Labute approximate surface area is 233 Å². The summed E-state index contributed by atoms with van der Waals surface area (Å²) in [5, 5.41) is 6.86. The number of carbonyl (C=O) groups is 3. The second-order valence-electron chi connectivity index (χ2n) is 9.77. The van der Waals surface area contributed by atoms with Gasteiger partial charge < -0.3 is 25.3 Å². The fourth-order valence-corrected chi connectivity index (χ4v) is 5.22. The fourth-order valence-electron chi connectivity index (χ4n) is 5.03. The molecule has 3 aromatic rings. The highest BCUT2D eigenvalue weighted by Gasteiger charge is 2.26. The number of benzene rings is 3. The van der Waals surface area contributed by atoms with Crippen LogP contribution in [0.25, 0.3) is 0 Å². The number of anilines is 2. The van der Waals surface area contributed by atoms with E-state index in [1.54, 1.807) is 30.3 Å². The molecule has 2 aliphatic rings. The van der Waals surface area contributed by atoms with E-state index in [-0.39, 0.29) is 24.1 Å². The summed E-state index contributed by atoms with van der Waals surface area (Å²) in [4.78, 5) is 45.0. The van der Waals surface area contributed by atoms with Crippen molar-refractivity contribution in [3.05, 3.63) is 94.5 Å². The highest BCUT2D eigenvalue weighted by molar-refractivity contribution is 6.31. The van der Waals surface area contributed by atoms with Crippen molar-refractivity contribution >= 4 is 40.7 Å². The van der Waals surface area contributed by atoms with Gasteiger partial charge in [0.15, 0.2) is 0 Å². The standard InChI is InChI=1S/C30H32ClN5O3/c31-25-8-4-7-23(20-25)29(38)36-17-15-34(16-18-36)27-10-9-24(30(39)35-13-11-32-12-14-35)21-26(27)33-28(37)19-22-5-2-1-3-6-22/h1-10,20-21,32H,11-19H2,(H,33,37). The topological polar surface area (TPSA) is 85.0 Å². The Morgan fingerprint density at radius 2 is 1.41 bits per heavy atom. The van der Waals surface area contributed by atoms with Crippen molar-refractivity contribution in [2.75, 3.05) is 62.6 Å². The van der Waals surface area contributed by atoms with E-state index in [9.17, 15) is 14.4 Å². The Kier molecular flexibility index (Phi) is 8.44. The van der Waals surface area contributed by atoms with Crippen LogP contribution < -0.4 is 15.5 Å². The van der Waals surface area contributed by atoms with Crippen LogP contribution in [0.3, 0.4) is 0 Å². The number of rotatable bonds is 6. The second-order valence-corrected chi connectivity index (χ2v) is 10.2. The Hall–Kier alpha value is -3.88. The van der Waals surface area contributed by atoms with Crippen molar-refractivity contribution in [2.24, 2.45) is 0 Å². The first-order valence-electron chi connectivity index (χ1n) is 13.3. The minimum atomic E-state index is -0.149. The number of piperazine rings is 2. The van der Waals surface area contributed by atoms with E-state index in [2.05, 4.69) is 15.5 Å². The number of hydrogen-bond acceptors (Lipinski definition) is 5. The van der Waals surface area contributed by atoms with Crippen LogP contribution in [0.2, 0.25) is 5.02 Å². The van der Waals surface area contributed by atoms with Crippen LogP contribution in [0.15, 0.2) is 72.8 Å². The van der Waals surface area contributed by atoms with Gasteiger partial charge in [-0.25, -0.2) is 0 Å². The van der Waals surface area contributed by atoms with Crippen LogP contribution in [0, 0.1) is 0 Å². The van der Waals surface area contributed by atoms with Gasteiger partial charge in [0.25, 0.3) is 11.8 Å². The number of nitrogens with zero attached hydrogens (tertiary/aromatic N) is 3. The van der Waals surface area contributed by atoms with Gasteiger partial charge >= 0.3 is 0 Å². The summed E-state index contributed by atoms with van der Waals surface area (Å²) in [5.74, 6) is -0.243. The molecular weight excluding hydrogens is 514 g/mol. The van der Waals surface area contributed by atoms with Gasteiger partial charge in [-0.05, 0) is 42.0 Å². The molecule has 39 heavy (non-hydrogen) atoms. The smallest absolute Gasteiger partial charge is 0.254 e. The summed E-state index contributed by atoms with van der Waals surface area (Å²) in [6.45, 7) is 5.09. The maximum Gasteiger partial charge on any atom is 0.254 e. The monoisotopic (exact) mass is 545 g/mol. The third-order valence-electron chi connectivity index (χ3n) is 7.11. The lowest BCUT2D eigenvalue weighted by Crippen LogP contribution is -2.49. The van der Waals surface area contributed by atoms with E-state index in [4.69, 9.17) is 11.6 Å². The first kappa shape index (κ1) is 26.7. The molecule has 2 aliphatic heterocycles. The van der Waals surface area contributed by atoms with Crippen molar-refractivity contribution in [1.29, 1.82) is 0 Å². The van der Waals surface area contributed by atoms with Gasteiger partial charge in [0.05, 0.1) is 17.8 Å². The predicted molar refractivity (Wildman–Crippen MR) is 154 cm³/mol. The van der Waals surface area contributed by atoms with Crippen LogP contribution in [0.4, 0.5) is 11.4 Å². The van der Waals surface area contributed by atoms with Crippen molar-refractivity contribution in [3.63, 3.8) is 0 Å². The van der Waals surface area contributed by atoms with Crippen molar-refractivity contribution in [3.8, 4) is 0 Å². The van der Waals surface area contributed by atoms with Crippen molar-refractivity contribution < 1.29 is 14.4 Å². The SMILES string of the molecule is O=C(Cc1ccccc1)Nc1cc(C(=O)N2CCNCC2)ccc1N1CCN(C(=O)c2cccc(Cl)c2)CC1. The van der Waals surface area contributed by atoms with Gasteiger partial charge in [0, 0.05) is 68.5 Å². The maximum atomic E-state index is 13.2. The van der Waals surface area contributed by atoms with Gasteiger partial charge in [-0.1, -0.05) is 48.0 Å². The molecule has 0 spiro atoms. The van der Waals surface area contributed by atoms with Crippen LogP contribution in [-0.4, -0.2) is 79.9 Å². The predicted octanol–water partition coefficient (Wildman–Crippen LogP) is 3.53. The van der Waals surface area contributed by atoms with E-state index in [1.165, 1.54) is 0 Å². The van der Waals surface area contributed by atoms with E-state index >= 15 is 0 Å². The molecule has 0 atom stereocenters. The van der Waals surface area contributed by atoms with Crippen molar-refractivity contribution in [2.45, 2.75) is 6.42 Å². The normalized spacial score (nSPS) is 15.7. The summed E-state index contributed by atoms with van der Waals surface area (Å²) < 4.78 is 0. The molecule has 0 saturated carbocycles. The Morgan fingerprint density at radius 3 is 2.10 bits per heavy atom. The minimum absolute atomic E-state index is 0.0430. The zero-order valence-corrected chi connectivity index (χ0v) is 22.5. The number of nitrogens with one attached hydrogen (secondary N) is 2. The molecule has 2 N–H and O–H groups in total. The molecule has 0 bridgehead atoms. The summed E-state index contributed by atoms with van der Waals surface area (Å²) in [6.07, 6.45) is 0.234. The summed E-state index contributed by atoms with van der Waals surface area (Å²) >= 11 is 6.08. The molecule has 5 rings (SSSR count). The highest BCUT2D eigenvalue weighted by Crippen LogP contribution is 2.30. The van der Waals surface area contributed by atoms with E-state index < -0.39 is 0 Å². The van der Waals surface area contributed by atoms with Gasteiger partial charge in [-0.3, -0.25) is 14.4 Å². The molecule has 0 aromatic heterocycles. The lowest BCUT2D eigenvalue weighted by molar-refractivity contribution is -0.115. The molecule has 0 radical (unpaired) electrons. The summed E-state index contributed by atoms with van der Waals surface area (Å²) in [6, 6.07) is 22.1. The molecule has 0 unspecified atom stereocenters. The van der Waals surface area contributed by atoms with Crippen LogP contribution in [-0.2, 0) is 11.2 Å². The lowest BCUT2D eigenvalue weighted by atomic mass is 10.1. The van der Waals surface area contributed by atoms with Gasteiger partial charge in [0.2, 0.25) is 5.91 Å². The molecule has 3 amide bonds. The first-order chi connectivity index (χ1) is 19.0. The Balaban J connectivity index is 1.33. The number of halogens is 1. The average Bonchev–Trinajstić information content (AvgIpc) is 2.97. The number of amides is 3. The molecule has 2 saturated heterocycles. The Morgan fingerprint density at radius 1 is 0.744 bits per heavy atom. The van der Waals surface area contributed by atoms with Gasteiger partial charge in [0.1, 0.15) is 0 Å². The van der Waals surface area contributed by atoms with E-state index in [0.29, 0.717) is 61.1 Å². The molecular formula is C30H32ClN5O3. The first-order valence-corrected chi connectivity index (χ1v) is 13.6. The number of carbonyl (C=O) groups excluding carboxylic acids is 3. The summed E-state index contributed by atoms with van der Waals surface area (Å²) in [7, 11) is 0. The van der Waals surface area contributed by atoms with Gasteiger partial charge in [-0.2, -0.15) is 0 Å². The molecule has 9 heteroatoms. The van der Waals surface area contributed by atoms with Crippen molar-refractivity contribution in [1.82, 2.24) is 15.1 Å². The zero-order chi connectivity index (χ0) is 27.2. The third-order valence-corrected chi connectivity index (χ3v) is 7.34. The quantitative estimate of drug-likeness (QED) is 0.495. The molecule has 8 nitrogen and oxygen atoms in total. The van der Waals surface area contributed by atoms with Crippen LogP contribution in [0.5, 0.6) is 0 Å². The van der Waals surface area contributed by atoms with Gasteiger partial charge in [-0.15, -0.1) is 0 Å². The second kappa shape index (κ2) is 12.3. The Bertz CT molecular complexity index is 1340. The molecule has 3 aromatic carbocycles. The lowest BCUT2D eigenvalue weighted by Gasteiger charge is -2.37. The minimum Gasteiger partial charge on any atom is -0.366 e. The molecule has 202 valence electrons. The van der Waals surface area contributed by atoms with Crippen LogP contribution >= 0.6 is 11.6 Å². The zero-order valence-electron chi connectivity index (χ0n) is 21.7.